The Morgan fingerprint density at radius 3 is 2.44 bits per heavy atom. The van der Waals surface area contributed by atoms with Gasteiger partial charge >= 0.3 is 0 Å². The van der Waals surface area contributed by atoms with Gasteiger partial charge < -0.3 is 20.7 Å². The van der Waals surface area contributed by atoms with Gasteiger partial charge in [-0.25, -0.2) is 0 Å². The van der Waals surface area contributed by atoms with Gasteiger partial charge in [0.2, 0.25) is 0 Å². The molecule has 4 N–H and O–H groups in total. The molecular formula is C14H23NO3. The molecule has 0 heterocycles. The minimum Gasteiger partial charge on any atom is -0.491 e. The standard InChI is InChI=1S/C14H23NO3/c1-11(9-14(2,17)10-15)18-13-5-3-12(4-6-13)7-8-16/h3-6,11,16-17H,7-10,15H2,1-2H3. The fourth-order valence-corrected chi connectivity index (χ4v) is 1.84. The minimum atomic E-state index is -0.893. The van der Waals surface area contributed by atoms with E-state index in [2.05, 4.69) is 0 Å². The fourth-order valence-electron chi connectivity index (χ4n) is 1.84. The SMILES string of the molecule is CC(CC(C)(O)CN)Oc1ccc(CCO)cc1. The van der Waals surface area contributed by atoms with Gasteiger partial charge in [-0.2, -0.15) is 0 Å². The molecule has 0 aliphatic carbocycles. The summed E-state index contributed by atoms with van der Waals surface area (Å²) >= 11 is 0. The van der Waals surface area contributed by atoms with Gasteiger partial charge in [-0.1, -0.05) is 12.1 Å². The summed E-state index contributed by atoms with van der Waals surface area (Å²) in [6.07, 6.45) is 1.03. The van der Waals surface area contributed by atoms with Gasteiger partial charge in [0.1, 0.15) is 5.75 Å². The first kappa shape index (κ1) is 15.0. The highest BCUT2D eigenvalue weighted by molar-refractivity contribution is 5.27. The molecule has 0 amide bonds. The zero-order chi connectivity index (χ0) is 13.6. The van der Waals surface area contributed by atoms with E-state index in [1.165, 1.54) is 0 Å². The molecular weight excluding hydrogens is 230 g/mol. The lowest BCUT2D eigenvalue weighted by Gasteiger charge is -2.25. The molecule has 1 aromatic carbocycles. The maximum atomic E-state index is 9.85. The Morgan fingerprint density at radius 1 is 1.33 bits per heavy atom. The van der Waals surface area contributed by atoms with Crippen molar-refractivity contribution in [3.8, 4) is 5.75 Å². The highest BCUT2D eigenvalue weighted by Gasteiger charge is 2.22. The van der Waals surface area contributed by atoms with Crippen molar-refractivity contribution >= 4 is 0 Å². The lowest BCUT2D eigenvalue weighted by Crippen LogP contribution is -2.38. The summed E-state index contributed by atoms with van der Waals surface area (Å²) in [5.41, 5.74) is 5.65. The molecule has 1 rings (SSSR count). The van der Waals surface area contributed by atoms with E-state index in [0.717, 1.165) is 11.3 Å². The monoisotopic (exact) mass is 253 g/mol. The summed E-state index contributed by atoms with van der Waals surface area (Å²) in [5, 5.41) is 18.7. The third-order valence-electron chi connectivity index (χ3n) is 2.83. The fraction of sp³-hybridized carbons (Fsp3) is 0.571. The number of aliphatic hydroxyl groups is 2. The van der Waals surface area contributed by atoms with E-state index in [1.54, 1.807) is 6.92 Å². The molecule has 102 valence electrons. The average Bonchev–Trinajstić information content (AvgIpc) is 2.31. The number of hydrogen-bond acceptors (Lipinski definition) is 4. The highest BCUT2D eigenvalue weighted by Crippen LogP contribution is 2.18. The van der Waals surface area contributed by atoms with Crippen molar-refractivity contribution < 1.29 is 14.9 Å². The first-order chi connectivity index (χ1) is 8.46. The van der Waals surface area contributed by atoms with Crippen molar-refractivity contribution in [2.75, 3.05) is 13.2 Å². The second-order valence-electron chi connectivity index (χ2n) is 4.95. The van der Waals surface area contributed by atoms with Crippen LogP contribution in [0.4, 0.5) is 0 Å². The van der Waals surface area contributed by atoms with Crippen LogP contribution in [0.15, 0.2) is 24.3 Å². The number of ether oxygens (including phenoxy) is 1. The van der Waals surface area contributed by atoms with Crippen LogP contribution in [0.2, 0.25) is 0 Å². The van der Waals surface area contributed by atoms with Crippen LogP contribution in [0.5, 0.6) is 5.75 Å². The summed E-state index contributed by atoms with van der Waals surface area (Å²) < 4.78 is 5.71. The maximum Gasteiger partial charge on any atom is 0.119 e. The Kier molecular flexibility index (Phi) is 5.59. The lowest BCUT2D eigenvalue weighted by molar-refractivity contribution is 0.0237. The van der Waals surface area contributed by atoms with Gasteiger partial charge in [0.25, 0.3) is 0 Å². The van der Waals surface area contributed by atoms with Gasteiger partial charge in [-0.3, -0.25) is 0 Å². The van der Waals surface area contributed by atoms with E-state index in [-0.39, 0.29) is 19.3 Å². The van der Waals surface area contributed by atoms with E-state index in [0.29, 0.717) is 12.8 Å². The van der Waals surface area contributed by atoms with Crippen molar-refractivity contribution in [3.05, 3.63) is 29.8 Å². The Hall–Kier alpha value is -1.10. The van der Waals surface area contributed by atoms with Crippen LogP contribution in [0.3, 0.4) is 0 Å². The molecule has 0 fully saturated rings. The molecule has 2 atom stereocenters. The van der Waals surface area contributed by atoms with Gasteiger partial charge in [-0.15, -0.1) is 0 Å². The van der Waals surface area contributed by atoms with Crippen LogP contribution in [0.25, 0.3) is 0 Å². The second-order valence-corrected chi connectivity index (χ2v) is 4.95. The topological polar surface area (TPSA) is 75.7 Å². The molecule has 1 aromatic rings. The van der Waals surface area contributed by atoms with Crippen LogP contribution >= 0.6 is 0 Å². The zero-order valence-electron chi connectivity index (χ0n) is 11.1. The van der Waals surface area contributed by atoms with Crippen LogP contribution in [-0.4, -0.2) is 35.1 Å². The normalized spacial score (nSPS) is 16.1. The molecule has 0 spiro atoms. The van der Waals surface area contributed by atoms with E-state index in [1.807, 2.05) is 31.2 Å². The van der Waals surface area contributed by atoms with Crippen LogP contribution < -0.4 is 10.5 Å². The predicted molar refractivity (Wildman–Crippen MR) is 71.6 cm³/mol. The molecule has 18 heavy (non-hydrogen) atoms. The van der Waals surface area contributed by atoms with Crippen molar-refractivity contribution in [2.45, 2.75) is 38.4 Å². The van der Waals surface area contributed by atoms with Crippen molar-refractivity contribution in [1.29, 1.82) is 0 Å². The van der Waals surface area contributed by atoms with E-state index < -0.39 is 5.60 Å². The average molecular weight is 253 g/mol. The lowest BCUT2D eigenvalue weighted by atomic mass is 9.99. The molecule has 4 nitrogen and oxygen atoms in total. The summed E-state index contributed by atoms with van der Waals surface area (Å²) in [5.74, 6) is 0.761. The van der Waals surface area contributed by atoms with Gasteiger partial charge in [0, 0.05) is 19.6 Å². The molecule has 0 saturated heterocycles. The van der Waals surface area contributed by atoms with E-state index in [4.69, 9.17) is 15.6 Å². The molecule has 4 heteroatoms. The smallest absolute Gasteiger partial charge is 0.119 e. The Balaban J connectivity index is 2.51. The van der Waals surface area contributed by atoms with Crippen LogP contribution in [0, 0.1) is 0 Å². The number of rotatable bonds is 7. The molecule has 0 bridgehead atoms. The van der Waals surface area contributed by atoms with Gasteiger partial charge in [0.15, 0.2) is 0 Å². The summed E-state index contributed by atoms with van der Waals surface area (Å²) in [7, 11) is 0. The minimum absolute atomic E-state index is 0.104. The molecule has 2 unspecified atom stereocenters. The van der Waals surface area contributed by atoms with Gasteiger partial charge in [-0.05, 0) is 38.0 Å². The Bertz CT molecular complexity index is 349. The summed E-state index contributed by atoms with van der Waals surface area (Å²) in [6, 6.07) is 7.61. The summed E-state index contributed by atoms with van der Waals surface area (Å²) in [4.78, 5) is 0. The van der Waals surface area contributed by atoms with Crippen molar-refractivity contribution in [1.82, 2.24) is 0 Å². The number of aliphatic hydroxyl groups excluding tert-OH is 1. The van der Waals surface area contributed by atoms with Crippen molar-refractivity contribution in [3.63, 3.8) is 0 Å². The Labute approximate surface area is 108 Å². The van der Waals surface area contributed by atoms with Gasteiger partial charge in [0.05, 0.1) is 11.7 Å². The molecule has 0 saturated carbocycles. The third-order valence-corrected chi connectivity index (χ3v) is 2.83. The first-order valence-electron chi connectivity index (χ1n) is 6.26. The predicted octanol–water partition coefficient (Wildman–Crippen LogP) is 1.09. The van der Waals surface area contributed by atoms with Crippen molar-refractivity contribution in [2.24, 2.45) is 5.73 Å². The molecule has 0 radical (unpaired) electrons. The Morgan fingerprint density at radius 2 is 1.94 bits per heavy atom. The number of nitrogens with two attached hydrogens (primary N) is 1. The zero-order valence-corrected chi connectivity index (χ0v) is 11.1. The van der Waals surface area contributed by atoms with Crippen LogP contribution in [0.1, 0.15) is 25.8 Å². The number of benzene rings is 1. The largest absolute Gasteiger partial charge is 0.491 e. The third kappa shape index (κ3) is 5.04. The number of hydrogen-bond donors (Lipinski definition) is 3. The quantitative estimate of drug-likeness (QED) is 0.680. The molecule has 0 aromatic heterocycles. The first-order valence-corrected chi connectivity index (χ1v) is 6.26. The highest BCUT2D eigenvalue weighted by atomic mass is 16.5. The summed E-state index contributed by atoms with van der Waals surface area (Å²) in [6.45, 7) is 3.98. The van der Waals surface area contributed by atoms with E-state index in [9.17, 15) is 5.11 Å². The maximum absolute atomic E-state index is 9.85. The van der Waals surface area contributed by atoms with E-state index >= 15 is 0 Å². The second kappa shape index (κ2) is 6.73. The molecule has 0 aliphatic heterocycles. The molecule has 0 aliphatic rings. The van der Waals surface area contributed by atoms with Crippen LogP contribution in [-0.2, 0) is 6.42 Å².